The largest absolute Gasteiger partial charge is 0.333 e. The first-order valence-electron chi connectivity index (χ1n) is 7.90. The van der Waals surface area contributed by atoms with E-state index in [1.807, 2.05) is 24.7 Å². The van der Waals surface area contributed by atoms with E-state index in [9.17, 15) is 0 Å². The quantitative estimate of drug-likeness (QED) is 0.443. The van der Waals surface area contributed by atoms with Gasteiger partial charge in [0.05, 0.1) is 6.33 Å². The molecule has 0 radical (unpaired) electrons. The monoisotopic (exact) mass is 388 g/mol. The molecule has 2 aromatic carbocycles. The lowest BCUT2D eigenvalue weighted by Crippen LogP contribution is -1.95. The lowest BCUT2D eigenvalue weighted by atomic mass is 10.1. The number of hydrogen-bond acceptors (Lipinski definition) is 2. The summed E-state index contributed by atoms with van der Waals surface area (Å²) < 4.78 is 2.06. The van der Waals surface area contributed by atoms with Crippen LogP contribution in [0.1, 0.15) is 18.1 Å². The molecule has 3 rings (SSSR count). The van der Waals surface area contributed by atoms with Crippen LogP contribution in [0.15, 0.2) is 71.7 Å². The van der Waals surface area contributed by atoms with Crippen LogP contribution in [0.2, 0.25) is 10.0 Å². The molecule has 0 saturated carbocycles. The number of aromatic nitrogens is 2. The topological polar surface area (TPSA) is 17.8 Å². The minimum Gasteiger partial charge on any atom is -0.333 e. The molecule has 128 valence electrons. The van der Waals surface area contributed by atoms with Crippen LogP contribution < -0.4 is 0 Å². The maximum absolute atomic E-state index is 6.22. The van der Waals surface area contributed by atoms with Crippen LogP contribution in [0.5, 0.6) is 0 Å². The molecule has 0 atom stereocenters. The summed E-state index contributed by atoms with van der Waals surface area (Å²) in [5, 5.41) is 1.38. The van der Waals surface area contributed by atoms with Crippen molar-refractivity contribution in [2.75, 3.05) is 0 Å². The fraction of sp³-hybridized carbons (Fsp3) is 0.150. The normalized spacial score (nSPS) is 11.7. The zero-order chi connectivity index (χ0) is 17.6. The van der Waals surface area contributed by atoms with Crippen molar-refractivity contribution in [2.45, 2.75) is 24.1 Å². The molecule has 0 aliphatic carbocycles. The van der Waals surface area contributed by atoms with Gasteiger partial charge in [0.25, 0.3) is 0 Å². The summed E-state index contributed by atoms with van der Waals surface area (Å²) in [6.07, 6.45) is 7.80. The second-order valence-corrected chi connectivity index (χ2v) is 7.71. The number of rotatable bonds is 6. The number of benzene rings is 2. The van der Waals surface area contributed by atoms with Crippen LogP contribution in [0.3, 0.4) is 0 Å². The average Bonchev–Trinajstić information content (AvgIpc) is 3.08. The van der Waals surface area contributed by atoms with Crippen molar-refractivity contribution in [1.82, 2.24) is 9.55 Å². The minimum atomic E-state index is 0.668. The second kappa shape index (κ2) is 8.61. The van der Waals surface area contributed by atoms with E-state index < -0.39 is 0 Å². The number of hydrogen-bond donors (Lipinski definition) is 0. The van der Waals surface area contributed by atoms with E-state index in [2.05, 4.69) is 46.8 Å². The van der Waals surface area contributed by atoms with E-state index in [1.54, 1.807) is 24.0 Å². The van der Waals surface area contributed by atoms with Gasteiger partial charge in [-0.25, -0.2) is 4.98 Å². The molecule has 1 aromatic heterocycles. The smallest absolute Gasteiger partial charge is 0.0948 e. The highest BCUT2D eigenvalue weighted by molar-refractivity contribution is 7.98. The third-order valence-electron chi connectivity index (χ3n) is 3.69. The summed E-state index contributed by atoms with van der Waals surface area (Å²) in [5.74, 6) is 0.824. The van der Waals surface area contributed by atoms with Gasteiger partial charge < -0.3 is 4.57 Å². The van der Waals surface area contributed by atoms with Crippen molar-refractivity contribution in [1.29, 1.82) is 0 Å². The maximum Gasteiger partial charge on any atom is 0.0948 e. The van der Waals surface area contributed by atoms with Gasteiger partial charge in [-0.1, -0.05) is 53.1 Å². The summed E-state index contributed by atoms with van der Waals surface area (Å²) in [6.45, 7) is 2.98. The summed E-state index contributed by atoms with van der Waals surface area (Å²) in [5.41, 5.74) is 3.58. The first-order valence-corrected chi connectivity index (χ1v) is 9.64. The van der Waals surface area contributed by atoms with Gasteiger partial charge >= 0.3 is 0 Å². The summed E-state index contributed by atoms with van der Waals surface area (Å²) in [7, 11) is 0. The fourth-order valence-corrected chi connectivity index (χ4v) is 3.92. The first kappa shape index (κ1) is 18.1. The molecule has 0 amide bonds. The van der Waals surface area contributed by atoms with Gasteiger partial charge in [0, 0.05) is 39.6 Å². The van der Waals surface area contributed by atoms with Gasteiger partial charge in [-0.15, -0.1) is 11.8 Å². The molecule has 0 N–H and O–H groups in total. The number of nitrogens with zero attached hydrogens (tertiary/aromatic N) is 2. The molecule has 3 aromatic rings. The van der Waals surface area contributed by atoms with Crippen LogP contribution in [-0.4, -0.2) is 9.55 Å². The van der Waals surface area contributed by atoms with Gasteiger partial charge in [0.15, 0.2) is 0 Å². The molecule has 25 heavy (non-hydrogen) atoms. The Morgan fingerprint density at radius 3 is 2.64 bits per heavy atom. The number of allylic oxidation sites excluding steroid dienone is 1. The highest BCUT2D eigenvalue weighted by Crippen LogP contribution is 2.29. The van der Waals surface area contributed by atoms with Crippen LogP contribution in [-0.2, 0) is 12.3 Å². The Morgan fingerprint density at radius 2 is 1.96 bits per heavy atom. The third kappa shape index (κ3) is 5.40. The van der Waals surface area contributed by atoms with E-state index in [0.717, 1.165) is 22.9 Å². The molecule has 5 heteroatoms. The van der Waals surface area contributed by atoms with Crippen molar-refractivity contribution < 1.29 is 0 Å². The lowest BCUT2D eigenvalue weighted by Gasteiger charge is -2.06. The molecule has 1 heterocycles. The van der Waals surface area contributed by atoms with Gasteiger partial charge in [0.1, 0.15) is 0 Å². The zero-order valence-corrected chi connectivity index (χ0v) is 16.2. The highest BCUT2D eigenvalue weighted by Gasteiger charge is 2.03. The summed E-state index contributed by atoms with van der Waals surface area (Å²) in [4.78, 5) is 5.28. The van der Waals surface area contributed by atoms with Crippen molar-refractivity contribution in [2.24, 2.45) is 0 Å². The standard InChI is InChI=1S/C20H18Cl2N2S/c1-15(12-24-9-8-23-14-24)10-16-2-6-19(7-3-16)25-13-17-4-5-18(21)11-20(17)22/h2-11,14H,12-13H2,1H3. The fourth-order valence-electron chi connectivity index (χ4n) is 2.46. The molecule has 0 spiro atoms. The predicted octanol–water partition coefficient (Wildman–Crippen LogP) is 6.59. The number of imidazole rings is 1. The van der Waals surface area contributed by atoms with Crippen LogP contribution >= 0.6 is 35.0 Å². The van der Waals surface area contributed by atoms with Crippen LogP contribution in [0.4, 0.5) is 0 Å². The molecule has 0 unspecified atom stereocenters. The SMILES string of the molecule is CC(=Cc1ccc(SCc2ccc(Cl)cc2Cl)cc1)Cn1ccnc1. The Labute approximate surface area is 162 Å². The number of halogens is 2. The third-order valence-corrected chi connectivity index (χ3v) is 5.34. The van der Waals surface area contributed by atoms with Crippen molar-refractivity contribution in [3.05, 3.63) is 87.9 Å². The van der Waals surface area contributed by atoms with E-state index in [4.69, 9.17) is 23.2 Å². The Kier molecular flexibility index (Phi) is 6.24. The molecule has 2 nitrogen and oxygen atoms in total. The molecular formula is C20H18Cl2N2S. The zero-order valence-electron chi connectivity index (χ0n) is 13.8. The van der Waals surface area contributed by atoms with Gasteiger partial charge in [0.2, 0.25) is 0 Å². The van der Waals surface area contributed by atoms with Gasteiger partial charge in [-0.05, 0) is 42.3 Å². The lowest BCUT2D eigenvalue weighted by molar-refractivity contribution is 0.786. The highest BCUT2D eigenvalue weighted by atomic mass is 35.5. The summed E-state index contributed by atoms with van der Waals surface area (Å²) in [6, 6.07) is 14.2. The Morgan fingerprint density at radius 1 is 1.16 bits per heavy atom. The van der Waals surface area contributed by atoms with E-state index in [-0.39, 0.29) is 0 Å². The van der Waals surface area contributed by atoms with Crippen LogP contribution in [0.25, 0.3) is 6.08 Å². The van der Waals surface area contributed by atoms with Crippen LogP contribution in [0, 0.1) is 0 Å². The van der Waals surface area contributed by atoms with E-state index in [0.29, 0.717) is 5.02 Å². The van der Waals surface area contributed by atoms with Gasteiger partial charge in [-0.2, -0.15) is 0 Å². The maximum atomic E-state index is 6.22. The Balaban J connectivity index is 1.60. The molecule has 0 aliphatic heterocycles. The molecule has 0 fully saturated rings. The molecule has 0 aliphatic rings. The van der Waals surface area contributed by atoms with E-state index in [1.165, 1.54) is 16.0 Å². The average molecular weight is 389 g/mol. The Hall–Kier alpha value is -1.68. The molecule has 0 bridgehead atoms. The second-order valence-electron chi connectivity index (χ2n) is 5.82. The predicted molar refractivity (Wildman–Crippen MR) is 108 cm³/mol. The molecular weight excluding hydrogens is 371 g/mol. The first-order chi connectivity index (χ1) is 12.1. The summed E-state index contributed by atoms with van der Waals surface area (Å²) >= 11 is 13.9. The minimum absolute atomic E-state index is 0.668. The number of thioether (sulfide) groups is 1. The van der Waals surface area contributed by atoms with E-state index >= 15 is 0 Å². The van der Waals surface area contributed by atoms with Crippen molar-refractivity contribution in [3.63, 3.8) is 0 Å². The molecule has 0 saturated heterocycles. The van der Waals surface area contributed by atoms with Gasteiger partial charge in [-0.3, -0.25) is 0 Å². The van der Waals surface area contributed by atoms with Crippen molar-refractivity contribution in [3.8, 4) is 0 Å². The Bertz CT molecular complexity index is 856. The van der Waals surface area contributed by atoms with Crippen molar-refractivity contribution >= 4 is 41.0 Å².